The Morgan fingerprint density at radius 3 is 2.55 bits per heavy atom. The fourth-order valence-corrected chi connectivity index (χ4v) is 9.76. The molecule has 2 N–H and O–H groups in total. The Labute approximate surface area is 276 Å². The first-order valence-electron chi connectivity index (χ1n) is 16.5. The van der Waals surface area contributed by atoms with Gasteiger partial charge in [0.05, 0.1) is 11.8 Å². The van der Waals surface area contributed by atoms with Gasteiger partial charge in [-0.1, -0.05) is 26.8 Å². The summed E-state index contributed by atoms with van der Waals surface area (Å²) in [6.45, 7) is 11.9. The van der Waals surface area contributed by atoms with Crippen molar-refractivity contribution < 1.29 is 18.0 Å². The number of anilines is 1. The zero-order valence-corrected chi connectivity index (χ0v) is 28.0. The van der Waals surface area contributed by atoms with Crippen LogP contribution < -0.4 is 10.6 Å². The van der Waals surface area contributed by atoms with Gasteiger partial charge in [0, 0.05) is 65.4 Å². The summed E-state index contributed by atoms with van der Waals surface area (Å²) in [5, 5.41) is 18.7. The third kappa shape index (κ3) is 5.26. The van der Waals surface area contributed by atoms with Crippen molar-refractivity contribution in [1.29, 1.82) is 5.26 Å². The van der Waals surface area contributed by atoms with E-state index in [9.17, 15) is 23.2 Å². The molecule has 1 amide bonds. The lowest BCUT2D eigenvalue weighted by Crippen LogP contribution is -2.87. The average Bonchev–Trinajstić information content (AvgIpc) is 3.62. The number of carbonyl (C=O) groups is 1. The van der Waals surface area contributed by atoms with Crippen LogP contribution in [0.5, 0.6) is 0 Å². The van der Waals surface area contributed by atoms with Gasteiger partial charge in [0.15, 0.2) is 0 Å². The summed E-state index contributed by atoms with van der Waals surface area (Å²) in [6.07, 6.45) is -0.581. The highest BCUT2D eigenvalue weighted by Gasteiger charge is 2.79. The number of alkyl halides is 3. The molecule has 12 heteroatoms. The predicted molar refractivity (Wildman–Crippen MR) is 177 cm³/mol. The molecule has 2 bridgehead atoms. The summed E-state index contributed by atoms with van der Waals surface area (Å²) >= 11 is 1.07. The van der Waals surface area contributed by atoms with Gasteiger partial charge in [0.2, 0.25) is 5.91 Å². The lowest BCUT2D eigenvalue weighted by molar-refractivity contribution is -0.285. The molecule has 4 aliphatic rings. The maximum Gasteiger partial charge on any atom is 0.393 e. The Morgan fingerprint density at radius 1 is 1.15 bits per heavy atom. The Kier molecular flexibility index (Phi) is 7.79. The Morgan fingerprint density at radius 2 is 1.89 bits per heavy atom. The van der Waals surface area contributed by atoms with Crippen molar-refractivity contribution in [2.75, 3.05) is 18.4 Å². The molecule has 3 aromatic heterocycles. The van der Waals surface area contributed by atoms with E-state index in [0.29, 0.717) is 40.0 Å². The van der Waals surface area contributed by atoms with E-state index in [1.807, 2.05) is 13.0 Å². The van der Waals surface area contributed by atoms with Gasteiger partial charge >= 0.3 is 6.18 Å². The molecule has 0 unspecified atom stereocenters. The summed E-state index contributed by atoms with van der Waals surface area (Å²) in [4.78, 5) is 24.0. The SMILES string of the molecule is CCC(=O)NC12CC(Cn3c(C#N)cc4c(C)c(CN5CCC(Nc6ncnc7sc(CC(F)(F)F)cc67)CC5)ccc43)([C@@H]1C)[C@@H]2C. The van der Waals surface area contributed by atoms with E-state index in [4.69, 9.17) is 0 Å². The number of benzene rings is 1. The second-order valence-electron chi connectivity index (χ2n) is 13.9. The number of amides is 1. The number of rotatable bonds is 9. The number of fused-ring (bicyclic) bond motifs is 2. The number of piperidine rings is 1. The minimum atomic E-state index is -4.26. The number of hydrogen-bond donors (Lipinski definition) is 2. The molecular formula is C35H40F3N7OS. The molecule has 0 radical (unpaired) electrons. The predicted octanol–water partition coefficient (Wildman–Crippen LogP) is 6.95. The van der Waals surface area contributed by atoms with Crippen molar-refractivity contribution >= 4 is 44.2 Å². The molecule has 4 aromatic rings. The molecule has 4 heterocycles. The number of aromatic nitrogens is 3. The van der Waals surface area contributed by atoms with Crippen LogP contribution in [0.4, 0.5) is 19.0 Å². The van der Waals surface area contributed by atoms with E-state index in [1.165, 1.54) is 17.5 Å². The van der Waals surface area contributed by atoms with E-state index >= 15 is 0 Å². The largest absolute Gasteiger partial charge is 0.393 e. The molecule has 3 aliphatic carbocycles. The highest BCUT2D eigenvalue weighted by molar-refractivity contribution is 7.18. The van der Waals surface area contributed by atoms with Crippen molar-refractivity contribution in [1.82, 2.24) is 24.8 Å². The smallest absolute Gasteiger partial charge is 0.367 e. The van der Waals surface area contributed by atoms with Crippen molar-refractivity contribution in [3.8, 4) is 6.07 Å². The van der Waals surface area contributed by atoms with Gasteiger partial charge in [-0.25, -0.2) is 9.97 Å². The number of hydrogen-bond acceptors (Lipinski definition) is 7. The molecule has 3 saturated carbocycles. The minimum Gasteiger partial charge on any atom is -0.367 e. The standard InChI is InChI=1S/C35H40F3N7OS/c1-5-30(46)43-34-17-33(21(34)3,22(34)4)18-45-25(15-39)12-27-20(2)23(6-7-29(27)45)16-44-10-8-24(9-11-44)42-31-28-13-26(14-35(36,37)38)47-32(28)41-19-40-31/h6-7,12-13,19,21-22,24H,5,8-11,14,16-18H2,1-4H3,(H,43,46)(H,40,41,42)/t21-,22-,33?,34?/m0/s1. The van der Waals surface area contributed by atoms with E-state index in [0.717, 1.165) is 67.7 Å². The monoisotopic (exact) mass is 663 g/mol. The van der Waals surface area contributed by atoms with Gasteiger partial charge in [-0.3, -0.25) is 9.69 Å². The normalized spacial score (nSPS) is 26.2. The van der Waals surface area contributed by atoms with Crippen molar-refractivity contribution in [2.24, 2.45) is 17.3 Å². The van der Waals surface area contributed by atoms with Crippen LogP contribution in [0, 0.1) is 35.5 Å². The Bertz CT molecular complexity index is 1890. The first-order valence-corrected chi connectivity index (χ1v) is 17.3. The number of likely N-dealkylation sites (tertiary alicyclic amines) is 1. The van der Waals surface area contributed by atoms with Crippen LogP contribution in [0.2, 0.25) is 0 Å². The third-order valence-corrected chi connectivity index (χ3v) is 12.7. The zero-order chi connectivity index (χ0) is 33.3. The van der Waals surface area contributed by atoms with Gasteiger partial charge < -0.3 is 15.2 Å². The molecule has 8 nitrogen and oxygen atoms in total. The van der Waals surface area contributed by atoms with Gasteiger partial charge in [-0.15, -0.1) is 11.3 Å². The Hall–Kier alpha value is -3.69. The number of halogens is 3. The Balaban J connectivity index is 1.01. The van der Waals surface area contributed by atoms with Crippen molar-refractivity contribution in [3.05, 3.63) is 52.3 Å². The summed E-state index contributed by atoms with van der Waals surface area (Å²) in [5.41, 5.74) is 4.17. The fraction of sp³-hybridized carbons (Fsp3) is 0.543. The number of nitriles is 1. The molecule has 47 heavy (non-hydrogen) atoms. The second-order valence-corrected chi connectivity index (χ2v) is 15.1. The summed E-state index contributed by atoms with van der Waals surface area (Å²) < 4.78 is 41.1. The molecule has 1 aromatic carbocycles. The number of aryl methyl sites for hydroxylation is 1. The van der Waals surface area contributed by atoms with Gasteiger partial charge in [-0.05, 0) is 67.3 Å². The van der Waals surface area contributed by atoms with Gasteiger partial charge in [-0.2, -0.15) is 18.4 Å². The molecule has 1 aliphatic heterocycles. The molecule has 4 fully saturated rings. The van der Waals surface area contributed by atoms with Crippen LogP contribution >= 0.6 is 11.3 Å². The van der Waals surface area contributed by atoms with Crippen molar-refractivity contribution in [2.45, 2.75) is 90.6 Å². The molecule has 0 spiro atoms. The lowest BCUT2D eigenvalue weighted by Gasteiger charge is -2.80. The lowest BCUT2D eigenvalue weighted by atomic mass is 9.28. The minimum absolute atomic E-state index is 0.0792. The highest BCUT2D eigenvalue weighted by atomic mass is 32.1. The van der Waals surface area contributed by atoms with Crippen molar-refractivity contribution in [3.63, 3.8) is 0 Å². The van der Waals surface area contributed by atoms with Crippen LogP contribution in [0.3, 0.4) is 0 Å². The maximum absolute atomic E-state index is 13.0. The van der Waals surface area contributed by atoms with E-state index in [2.05, 4.69) is 69.0 Å². The fourth-order valence-electron chi connectivity index (χ4n) is 8.74. The summed E-state index contributed by atoms with van der Waals surface area (Å²) in [6, 6.07) is 10.6. The van der Waals surface area contributed by atoms with Crippen LogP contribution in [-0.4, -0.2) is 56.2 Å². The quantitative estimate of drug-likeness (QED) is 0.201. The van der Waals surface area contributed by atoms with E-state index < -0.39 is 12.6 Å². The molecule has 1 saturated heterocycles. The first-order chi connectivity index (χ1) is 22.4. The molecule has 8 rings (SSSR count). The van der Waals surface area contributed by atoms with E-state index in [1.54, 1.807) is 6.07 Å². The number of nitrogens with zero attached hydrogens (tertiary/aromatic N) is 5. The maximum atomic E-state index is 13.0. The summed E-state index contributed by atoms with van der Waals surface area (Å²) in [7, 11) is 0. The average molecular weight is 664 g/mol. The number of nitrogens with one attached hydrogen (secondary N) is 2. The van der Waals surface area contributed by atoms with Crippen LogP contribution in [0.25, 0.3) is 21.1 Å². The zero-order valence-electron chi connectivity index (χ0n) is 27.2. The number of thiophene rings is 1. The summed E-state index contributed by atoms with van der Waals surface area (Å²) in [5.74, 6) is 1.43. The highest BCUT2D eigenvalue weighted by Crippen LogP contribution is 2.75. The topological polar surface area (TPSA) is 98.9 Å². The number of carbonyl (C=O) groups excluding carboxylic acids is 1. The first kappa shape index (κ1) is 31.9. The van der Waals surface area contributed by atoms with Crippen LogP contribution in [-0.2, 0) is 24.3 Å². The van der Waals surface area contributed by atoms with Gasteiger partial charge in [0.1, 0.15) is 28.7 Å². The molecule has 2 atom stereocenters. The third-order valence-electron chi connectivity index (χ3n) is 11.7. The van der Waals surface area contributed by atoms with Gasteiger partial charge in [0.25, 0.3) is 0 Å². The van der Waals surface area contributed by atoms with Crippen LogP contribution in [0.15, 0.2) is 30.6 Å². The molecular weight excluding hydrogens is 623 g/mol. The van der Waals surface area contributed by atoms with E-state index in [-0.39, 0.29) is 27.8 Å². The molecule has 248 valence electrons. The second kappa shape index (κ2) is 11.5. The van der Waals surface area contributed by atoms with Crippen LogP contribution in [0.1, 0.15) is 68.2 Å².